The quantitative estimate of drug-likeness (QED) is 0.740. The summed E-state index contributed by atoms with van der Waals surface area (Å²) in [6, 6.07) is 14.4. The predicted molar refractivity (Wildman–Crippen MR) is 118 cm³/mol. The number of halogens is 1. The second kappa shape index (κ2) is 8.71. The van der Waals surface area contributed by atoms with E-state index in [4.69, 9.17) is 16.7 Å². The van der Waals surface area contributed by atoms with E-state index in [0.29, 0.717) is 10.6 Å². The van der Waals surface area contributed by atoms with Gasteiger partial charge in [-0.15, -0.1) is 0 Å². The second-order valence-corrected chi connectivity index (χ2v) is 8.68. The van der Waals surface area contributed by atoms with E-state index in [0.717, 1.165) is 30.5 Å². The Hall–Kier alpha value is -2.86. The predicted octanol–water partition coefficient (Wildman–Crippen LogP) is 4.53. The van der Waals surface area contributed by atoms with Gasteiger partial charge in [0.25, 0.3) is 5.91 Å². The highest BCUT2D eigenvalue weighted by molar-refractivity contribution is 6.30. The van der Waals surface area contributed by atoms with Crippen molar-refractivity contribution in [1.82, 2.24) is 4.90 Å². The van der Waals surface area contributed by atoms with Crippen LogP contribution in [0.1, 0.15) is 54.1 Å². The summed E-state index contributed by atoms with van der Waals surface area (Å²) in [5, 5.41) is 9.54. The standard InChI is InChI=1S/C24H25ClN2O4/c1-26(21(28)13-14-22(29)30)23-17-5-2-3-7-19(17)27(20-8-4-6-18(20)23)24(31)15-9-11-16(25)12-10-15/h2-3,5,7,9-12,18,20,23H,4,6,8,13-14H2,1H3,(H,29,30). The van der Waals surface area contributed by atoms with E-state index >= 15 is 0 Å². The molecule has 1 aliphatic heterocycles. The van der Waals surface area contributed by atoms with Gasteiger partial charge in [-0.2, -0.15) is 0 Å². The molecule has 1 aliphatic carbocycles. The molecule has 0 saturated heterocycles. The highest BCUT2D eigenvalue weighted by atomic mass is 35.5. The molecular weight excluding hydrogens is 416 g/mol. The summed E-state index contributed by atoms with van der Waals surface area (Å²) >= 11 is 6.00. The van der Waals surface area contributed by atoms with Gasteiger partial charge < -0.3 is 14.9 Å². The summed E-state index contributed by atoms with van der Waals surface area (Å²) in [6.45, 7) is 0. The lowest BCUT2D eigenvalue weighted by atomic mass is 9.81. The molecule has 7 heteroatoms. The maximum atomic E-state index is 13.5. The molecule has 0 radical (unpaired) electrons. The number of anilines is 1. The van der Waals surface area contributed by atoms with E-state index < -0.39 is 5.97 Å². The Morgan fingerprint density at radius 1 is 1.06 bits per heavy atom. The number of carboxylic acid groups (broad SMARTS) is 1. The minimum absolute atomic E-state index is 0.0159. The van der Waals surface area contributed by atoms with Crippen LogP contribution in [-0.2, 0) is 9.59 Å². The molecule has 1 saturated carbocycles. The lowest BCUT2D eigenvalue weighted by Crippen LogP contribution is -2.51. The van der Waals surface area contributed by atoms with Crippen LogP contribution in [0.5, 0.6) is 0 Å². The number of hydrogen-bond acceptors (Lipinski definition) is 3. The fourth-order valence-electron chi connectivity index (χ4n) is 5.06. The second-order valence-electron chi connectivity index (χ2n) is 8.25. The maximum Gasteiger partial charge on any atom is 0.303 e. The van der Waals surface area contributed by atoms with Gasteiger partial charge in [-0.3, -0.25) is 14.4 Å². The summed E-state index contributed by atoms with van der Waals surface area (Å²) in [5.41, 5.74) is 2.32. The van der Waals surface area contributed by atoms with Crippen molar-refractivity contribution in [1.29, 1.82) is 0 Å². The van der Waals surface area contributed by atoms with Gasteiger partial charge in [0.2, 0.25) is 5.91 Å². The average molecular weight is 441 g/mol. The molecule has 6 nitrogen and oxygen atoms in total. The first-order valence-electron chi connectivity index (χ1n) is 10.5. The van der Waals surface area contributed by atoms with E-state index in [1.54, 1.807) is 36.2 Å². The van der Waals surface area contributed by atoms with Crippen molar-refractivity contribution in [2.45, 2.75) is 44.2 Å². The van der Waals surface area contributed by atoms with E-state index in [1.807, 2.05) is 29.2 Å². The Bertz CT molecular complexity index is 1010. The van der Waals surface area contributed by atoms with E-state index in [1.165, 1.54) is 0 Å². The van der Waals surface area contributed by atoms with Crippen molar-refractivity contribution >= 4 is 35.1 Å². The van der Waals surface area contributed by atoms with Crippen LogP contribution < -0.4 is 4.90 Å². The number of rotatable bonds is 5. The number of fused-ring (bicyclic) bond motifs is 2. The average Bonchev–Trinajstić information content (AvgIpc) is 3.24. The minimum atomic E-state index is -0.982. The zero-order chi connectivity index (χ0) is 22.1. The van der Waals surface area contributed by atoms with Crippen molar-refractivity contribution < 1.29 is 19.5 Å². The highest BCUT2D eigenvalue weighted by Crippen LogP contribution is 2.50. The fourth-order valence-corrected chi connectivity index (χ4v) is 5.18. The van der Waals surface area contributed by atoms with Crippen molar-refractivity contribution in [2.24, 2.45) is 5.92 Å². The number of carbonyl (C=O) groups is 3. The van der Waals surface area contributed by atoms with Crippen LogP contribution in [0.2, 0.25) is 5.02 Å². The molecule has 0 bridgehead atoms. The van der Waals surface area contributed by atoms with Crippen molar-refractivity contribution in [3.8, 4) is 0 Å². The molecule has 2 amide bonds. The molecule has 2 aromatic carbocycles. The molecule has 1 heterocycles. The molecule has 0 aromatic heterocycles. The zero-order valence-corrected chi connectivity index (χ0v) is 18.1. The van der Waals surface area contributed by atoms with Gasteiger partial charge in [-0.1, -0.05) is 36.2 Å². The summed E-state index contributed by atoms with van der Waals surface area (Å²) in [6.07, 6.45) is 2.53. The summed E-state index contributed by atoms with van der Waals surface area (Å²) in [4.78, 5) is 40.8. The molecule has 3 unspecified atom stereocenters. The summed E-state index contributed by atoms with van der Waals surface area (Å²) in [5.74, 6) is -1.14. The van der Waals surface area contributed by atoms with E-state index in [9.17, 15) is 14.4 Å². The molecule has 31 heavy (non-hydrogen) atoms. The Balaban J connectivity index is 1.72. The number of para-hydroxylation sites is 1. The molecular formula is C24H25ClN2O4. The van der Waals surface area contributed by atoms with Gasteiger partial charge in [-0.25, -0.2) is 0 Å². The number of carbonyl (C=O) groups excluding carboxylic acids is 2. The van der Waals surface area contributed by atoms with Crippen LogP contribution in [0, 0.1) is 5.92 Å². The van der Waals surface area contributed by atoms with Crippen molar-refractivity contribution in [2.75, 3.05) is 11.9 Å². The third-order valence-electron chi connectivity index (χ3n) is 6.46. The van der Waals surface area contributed by atoms with Gasteiger partial charge in [0, 0.05) is 41.7 Å². The van der Waals surface area contributed by atoms with Gasteiger partial charge in [0.15, 0.2) is 0 Å². The lowest BCUT2D eigenvalue weighted by molar-refractivity contribution is -0.141. The normalized spacial score (nSPS) is 21.9. The Morgan fingerprint density at radius 3 is 2.48 bits per heavy atom. The van der Waals surface area contributed by atoms with Gasteiger partial charge in [0.1, 0.15) is 0 Å². The summed E-state index contributed by atoms with van der Waals surface area (Å²) in [7, 11) is 1.75. The van der Waals surface area contributed by atoms with Crippen molar-refractivity contribution in [3.05, 3.63) is 64.7 Å². The number of nitrogens with zero attached hydrogens (tertiary/aromatic N) is 2. The lowest BCUT2D eigenvalue weighted by Gasteiger charge is -2.46. The molecule has 4 rings (SSSR count). The van der Waals surface area contributed by atoms with Crippen LogP contribution >= 0.6 is 11.6 Å². The molecule has 2 aliphatic rings. The number of hydrogen-bond donors (Lipinski definition) is 1. The first-order valence-corrected chi connectivity index (χ1v) is 10.9. The first kappa shape index (κ1) is 21.4. The number of aliphatic carboxylic acids is 1. The molecule has 162 valence electrons. The monoisotopic (exact) mass is 440 g/mol. The third kappa shape index (κ3) is 4.04. The Kier molecular flexibility index (Phi) is 6.01. The van der Waals surface area contributed by atoms with Crippen LogP contribution in [0.15, 0.2) is 48.5 Å². The minimum Gasteiger partial charge on any atom is -0.481 e. The number of carboxylic acids is 1. The molecule has 1 fully saturated rings. The van der Waals surface area contributed by atoms with Crippen LogP contribution in [0.3, 0.4) is 0 Å². The molecule has 3 atom stereocenters. The van der Waals surface area contributed by atoms with Crippen LogP contribution in [0.4, 0.5) is 5.69 Å². The molecule has 1 N–H and O–H groups in total. The topological polar surface area (TPSA) is 77.9 Å². The van der Waals surface area contributed by atoms with Crippen LogP contribution in [-0.4, -0.2) is 40.9 Å². The van der Waals surface area contributed by atoms with Crippen LogP contribution in [0.25, 0.3) is 0 Å². The van der Waals surface area contributed by atoms with E-state index in [-0.39, 0.29) is 42.7 Å². The summed E-state index contributed by atoms with van der Waals surface area (Å²) < 4.78 is 0. The van der Waals surface area contributed by atoms with Crippen molar-refractivity contribution in [3.63, 3.8) is 0 Å². The smallest absolute Gasteiger partial charge is 0.303 e. The Morgan fingerprint density at radius 2 is 1.77 bits per heavy atom. The zero-order valence-electron chi connectivity index (χ0n) is 17.3. The molecule has 2 aromatic rings. The fraction of sp³-hybridized carbons (Fsp3) is 0.375. The van der Waals surface area contributed by atoms with Gasteiger partial charge >= 0.3 is 5.97 Å². The number of amides is 2. The first-order chi connectivity index (χ1) is 14.9. The van der Waals surface area contributed by atoms with E-state index in [2.05, 4.69) is 0 Å². The Labute approximate surface area is 186 Å². The van der Waals surface area contributed by atoms with Gasteiger partial charge in [-0.05, 0) is 48.7 Å². The number of benzene rings is 2. The van der Waals surface area contributed by atoms with Gasteiger partial charge in [0.05, 0.1) is 12.5 Å². The maximum absolute atomic E-state index is 13.5. The molecule has 0 spiro atoms. The third-order valence-corrected chi connectivity index (χ3v) is 6.71. The largest absolute Gasteiger partial charge is 0.481 e. The SMILES string of the molecule is CN(C(=O)CCC(=O)O)C1c2ccccc2N(C(=O)c2ccc(Cl)cc2)C2CCCC12. The highest BCUT2D eigenvalue weighted by Gasteiger charge is 2.47.